The number of rotatable bonds is 6. The molecule has 3 N–H and O–H groups in total. The number of benzene rings is 1. The van der Waals surface area contributed by atoms with E-state index >= 15 is 0 Å². The Morgan fingerprint density at radius 3 is 2.25 bits per heavy atom. The van der Waals surface area contributed by atoms with Crippen molar-refractivity contribution in [2.24, 2.45) is 0 Å². The third-order valence-electron chi connectivity index (χ3n) is 2.98. The van der Waals surface area contributed by atoms with Gasteiger partial charge < -0.3 is 11.1 Å². The first kappa shape index (κ1) is 16.0. The van der Waals surface area contributed by atoms with E-state index in [1.54, 1.807) is 0 Å². The Bertz CT molecular complexity index is 546. The number of anilines is 2. The summed E-state index contributed by atoms with van der Waals surface area (Å²) in [5.41, 5.74) is 4.08. The molecule has 0 unspecified atom stereocenters. The minimum atomic E-state index is -0.765. The second kappa shape index (κ2) is 6.38. The normalized spacial score (nSPS) is 10.6. The summed E-state index contributed by atoms with van der Waals surface area (Å²) in [6.45, 7) is 3.75. The minimum Gasteiger partial charge on any atom is -0.392 e. The van der Waals surface area contributed by atoms with Gasteiger partial charge in [-0.3, -0.25) is 20.2 Å². The van der Waals surface area contributed by atoms with Gasteiger partial charge in [-0.2, -0.15) is 0 Å². The quantitative estimate of drug-likeness (QED) is 0.471. The summed E-state index contributed by atoms with van der Waals surface area (Å²) in [4.78, 5) is 20.7. The van der Waals surface area contributed by atoms with Gasteiger partial charge >= 0.3 is 11.4 Å². The van der Waals surface area contributed by atoms with Gasteiger partial charge in [0.25, 0.3) is 0 Å². The molecule has 8 nitrogen and oxygen atoms in total. The van der Waals surface area contributed by atoms with Crippen LogP contribution in [0.25, 0.3) is 0 Å². The van der Waals surface area contributed by atoms with Gasteiger partial charge in [-0.25, -0.2) is 0 Å². The average Bonchev–Trinajstić information content (AvgIpc) is 2.38. The summed E-state index contributed by atoms with van der Waals surface area (Å²) in [6, 6.07) is 0.891. The Morgan fingerprint density at radius 1 is 1.30 bits per heavy atom. The molecule has 20 heavy (non-hydrogen) atoms. The van der Waals surface area contributed by atoms with Crippen molar-refractivity contribution in [3.05, 3.63) is 31.3 Å². The molecule has 0 aliphatic rings. The van der Waals surface area contributed by atoms with E-state index in [1.807, 2.05) is 13.8 Å². The van der Waals surface area contributed by atoms with E-state index < -0.39 is 21.2 Å². The van der Waals surface area contributed by atoms with E-state index in [2.05, 4.69) is 5.32 Å². The lowest BCUT2D eigenvalue weighted by molar-refractivity contribution is -0.391. The molecule has 0 aliphatic heterocycles. The lowest BCUT2D eigenvalue weighted by atomic mass is 10.1. The maximum absolute atomic E-state index is 11.1. The molecule has 110 valence electrons. The largest absolute Gasteiger partial charge is 0.392 e. The average molecular weight is 303 g/mol. The van der Waals surface area contributed by atoms with Gasteiger partial charge in [0.15, 0.2) is 5.69 Å². The van der Waals surface area contributed by atoms with Crippen molar-refractivity contribution >= 4 is 34.4 Å². The molecule has 0 heterocycles. The summed E-state index contributed by atoms with van der Waals surface area (Å²) >= 11 is 5.72. The van der Waals surface area contributed by atoms with E-state index in [1.165, 1.54) is 0 Å². The third kappa shape index (κ3) is 3.08. The van der Waals surface area contributed by atoms with E-state index in [0.29, 0.717) is 12.8 Å². The predicted octanol–water partition coefficient (Wildman–Crippen LogP) is 3.34. The van der Waals surface area contributed by atoms with Crippen LogP contribution >= 0.6 is 11.6 Å². The van der Waals surface area contributed by atoms with Crippen LogP contribution in [0.1, 0.15) is 26.7 Å². The molecule has 0 atom stereocenters. The molecule has 0 saturated carbocycles. The Balaban J connectivity index is 3.54. The van der Waals surface area contributed by atoms with Gasteiger partial charge in [-0.05, 0) is 12.8 Å². The number of nitrogens with two attached hydrogens (primary N) is 1. The number of halogens is 1. The van der Waals surface area contributed by atoms with Gasteiger partial charge in [0.1, 0.15) is 5.69 Å². The maximum atomic E-state index is 11.1. The minimum absolute atomic E-state index is 0.132. The zero-order valence-electron chi connectivity index (χ0n) is 11.1. The van der Waals surface area contributed by atoms with Crippen molar-refractivity contribution in [2.75, 3.05) is 11.1 Å². The molecule has 0 amide bonds. The van der Waals surface area contributed by atoms with Crippen LogP contribution in [0, 0.1) is 20.2 Å². The highest BCUT2D eigenvalue weighted by Gasteiger charge is 2.31. The number of nitro benzene ring substituents is 2. The van der Waals surface area contributed by atoms with Gasteiger partial charge in [0, 0.05) is 12.1 Å². The highest BCUT2D eigenvalue weighted by atomic mass is 35.5. The molecule has 0 saturated heterocycles. The fourth-order valence-corrected chi connectivity index (χ4v) is 2.00. The van der Waals surface area contributed by atoms with Crippen LogP contribution in [-0.4, -0.2) is 15.9 Å². The van der Waals surface area contributed by atoms with Crippen molar-refractivity contribution in [2.45, 2.75) is 32.7 Å². The van der Waals surface area contributed by atoms with Crippen molar-refractivity contribution in [3.63, 3.8) is 0 Å². The molecule has 9 heteroatoms. The van der Waals surface area contributed by atoms with Crippen molar-refractivity contribution in [3.8, 4) is 0 Å². The number of hydrogen-bond donors (Lipinski definition) is 2. The van der Waals surface area contributed by atoms with Crippen molar-refractivity contribution < 1.29 is 9.85 Å². The smallest absolute Gasteiger partial charge is 0.323 e. The lowest BCUT2D eigenvalue weighted by Gasteiger charge is -2.17. The van der Waals surface area contributed by atoms with Gasteiger partial charge in [-0.1, -0.05) is 25.4 Å². The zero-order chi connectivity index (χ0) is 15.4. The fraction of sp³-hybridized carbons (Fsp3) is 0.455. The summed E-state index contributed by atoms with van der Waals surface area (Å²) < 4.78 is 0. The van der Waals surface area contributed by atoms with E-state index in [9.17, 15) is 20.2 Å². The first-order chi connectivity index (χ1) is 9.33. The van der Waals surface area contributed by atoms with Gasteiger partial charge in [0.05, 0.1) is 14.9 Å². The molecule has 0 fully saturated rings. The van der Waals surface area contributed by atoms with E-state index in [4.69, 9.17) is 17.3 Å². The second-order valence-corrected chi connectivity index (χ2v) is 4.59. The molecule has 0 aliphatic carbocycles. The number of nitrogens with one attached hydrogen (secondary N) is 1. The lowest BCUT2D eigenvalue weighted by Crippen LogP contribution is -2.19. The van der Waals surface area contributed by atoms with Crippen molar-refractivity contribution in [1.82, 2.24) is 0 Å². The van der Waals surface area contributed by atoms with Crippen LogP contribution < -0.4 is 11.1 Å². The SMILES string of the molecule is CCC(CC)Nc1c([N+](=O)[O-])cc(Cl)c(N)c1[N+](=O)[O-]. The molecular weight excluding hydrogens is 288 g/mol. The van der Waals surface area contributed by atoms with Gasteiger partial charge in [-0.15, -0.1) is 0 Å². The molecule has 0 aromatic heterocycles. The molecule has 0 bridgehead atoms. The van der Waals surface area contributed by atoms with E-state index in [0.717, 1.165) is 6.07 Å². The summed E-state index contributed by atoms with van der Waals surface area (Å²) in [6.07, 6.45) is 1.32. The van der Waals surface area contributed by atoms with Gasteiger partial charge in [0.2, 0.25) is 0 Å². The Kier molecular flexibility index (Phi) is 5.09. The van der Waals surface area contributed by atoms with Crippen LogP contribution in [0.3, 0.4) is 0 Å². The van der Waals surface area contributed by atoms with Crippen LogP contribution in [-0.2, 0) is 0 Å². The standard InChI is InChI=1S/C11H15ClN4O4/c1-3-6(4-2)14-10-8(15(17)18)5-7(12)9(13)11(10)16(19)20/h5-6,14H,3-4,13H2,1-2H3. The first-order valence-corrected chi connectivity index (χ1v) is 6.38. The Hall–Kier alpha value is -2.09. The number of nitrogens with zero attached hydrogens (tertiary/aromatic N) is 2. The zero-order valence-corrected chi connectivity index (χ0v) is 11.8. The third-order valence-corrected chi connectivity index (χ3v) is 3.29. The van der Waals surface area contributed by atoms with E-state index in [-0.39, 0.29) is 22.4 Å². The Labute approximate surface area is 120 Å². The monoisotopic (exact) mass is 302 g/mol. The number of nitro groups is 2. The topological polar surface area (TPSA) is 124 Å². The molecule has 0 radical (unpaired) electrons. The van der Waals surface area contributed by atoms with Crippen molar-refractivity contribution in [1.29, 1.82) is 0 Å². The van der Waals surface area contributed by atoms with Crippen LogP contribution in [0.2, 0.25) is 5.02 Å². The summed E-state index contributed by atoms with van der Waals surface area (Å²) in [5.74, 6) is 0. The fourth-order valence-electron chi connectivity index (χ4n) is 1.81. The van der Waals surface area contributed by atoms with Crippen LogP contribution in [0.5, 0.6) is 0 Å². The molecule has 1 aromatic rings. The molecular formula is C11H15ClN4O4. The predicted molar refractivity (Wildman–Crippen MR) is 77.2 cm³/mol. The molecule has 1 rings (SSSR count). The van der Waals surface area contributed by atoms with Crippen LogP contribution in [0.4, 0.5) is 22.7 Å². The molecule has 0 spiro atoms. The maximum Gasteiger partial charge on any atom is 0.323 e. The highest BCUT2D eigenvalue weighted by molar-refractivity contribution is 6.34. The second-order valence-electron chi connectivity index (χ2n) is 4.19. The summed E-state index contributed by atoms with van der Waals surface area (Å²) in [7, 11) is 0. The highest BCUT2D eigenvalue weighted by Crippen LogP contribution is 2.43. The molecule has 1 aromatic carbocycles. The summed E-state index contributed by atoms with van der Waals surface area (Å²) in [5, 5.41) is 24.8. The first-order valence-electron chi connectivity index (χ1n) is 6.00. The van der Waals surface area contributed by atoms with Crippen LogP contribution in [0.15, 0.2) is 6.07 Å². The number of nitrogen functional groups attached to an aromatic ring is 1. The number of hydrogen-bond acceptors (Lipinski definition) is 6. The Morgan fingerprint density at radius 2 is 1.85 bits per heavy atom.